The van der Waals surface area contributed by atoms with Crippen molar-refractivity contribution < 1.29 is 13.9 Å². The highest BCUT2D eigenvalue weighted by molar-refractivity contribution is 5.68. The summed E-state index contributed by atoms with van der Waals surface area (Å²) in [6, 6.07) is 0.00465. The topological polar surface area (TPSA) is 67.6 Å². The van der Waals surface area contributed by atoms with Crippen molar-refractivity contribution in [2.75, 3.05) is 19.6 Å². The standard InChI is InChI=1S/C12H19N3O3/c1-12(2,3)18-11(16)15-5-4-13-9(6-15)10-7-17-8-14-10/h7-9,13H,4-6H2,1-3H3. The number of piperazine rings is 1. The second-order valence-corrected chi connectivity index (χ2v) is 5.35. The molecular formula is C12H19N3O3. The smallest absolute Gasteiger partial charge is 0.410 e. The van der Waals surface area contributed by atoms with E-state index < -0.39 is 5.60 Å². The first kappa shape index (κ1) is 12.9. The van der Waals surface area contributed by atoms with Gasteiger partial charge in [-0.25, -0.2) is 9.78 Å². The first-order valence-corrected chi connectivity index (χ1v) is 6.05. The molecule has 1 unspecified atom stereocenters. The summed E-state index contributed by atoms with van der Waals surface area (Å²) < 4.78 is 10.3. The van der Waals surface area contributed by atoms with Gasteiger partial charge in [0.1, 0.15) is 11.9 Å². The molecule has 0 saturated carbocycles. The Kier molecular flexibility index (Phi) is 3.56. The lowest BCUT2D eigenvalue weighted by molar-refractivity contribution is 0.0193. The molecule has 18 heavy (non-hydrogen) atoms. The summed E-state index contributed by atoms with van der Waals surface area (Å²) in [5.41, 5.74) is 0.342. The first-order chi connectivity index (χ1) is 8.46. The molecule has 100 valence electrons. The summed E-state index contributed by atoms with van der Waals surface area (Å²) in [6.07, 6.45) is 2.71. The van der Waals surface area contributed by atoms with Gasteiger partial charge in [-0.2, -0.15) is 0 Å². The number of rotatable bonds is 1. The van der Waals surface area contributed by atoms with E-state index in [0.29, 0.717) is 13.1 Å². The van der Waals surface area contributed by atoms with E-state index in [1.54, 1.807) is 11.2 Å². The van der Waals surface area contributed by atoms with Crippen LogP contribution in [0.1, 0.15) is 32.5 Å². The molecule has 1 saturated heterocycles. The summed E-state index contributed by atoms with van der Waals surface area (Å²) in [4.78, 5) is 17.8. The third-order valence-electron chi connectivity index (χ3n) is 2.64. The van der Waals surface area contributed by atoms with Gasteiger partial charge < -0.3 is 19.4 Å². The van der Waals surface area contributed by atoms with E-state index in [0.717, 1.165) is 12.2 Å². The molecule has 1 aliphatic heterocycles. The van der Waals surface area contributed by atoms with Gasteiger partial charge in [0.15, 0.2) is 6.39 Å². The number of nitrogens with one attached hydrogen (secondary N) is 1. The predicted molar refractivity (Wildman–Crippen MR) is 65.1 cm³/mol. The Labute approximate surface area is 106 Å². The van der Waals surface area contributed by atoms with Crippen molar-refractivity contribution >= 4 is 6.09 Å². The molecule has 1 fully saturated rings. The summed E-state index contributed by atoms with van der Waals surface area (Å²) in [5.74, 6) is 0. The van der Waals surface area contributed by atoms with Crippen LogP contribution in [0, 0.1) is 0 Å². The third kappa shape index (κ3) is 3.22. The average Bonchev–Trinajstić information content (AvgIpc) is 2.80. The Bertz CT molecular complexity index is 397. The molecule has 1 aromatic heterocycles. The van der Waals surface area contributed by atoms with Gasteiger partial charge in [0, 0.05) is 19.6 Å². The molecule has 0 radical (unpaired) electrons. The van der Waals surface area contributed by atoms with Gasteiger partial charge >= 0.3 is 6.09 Å². The number of hydrogen-bond donors (Lipinski definition) is 1. The molecule has 2 heterocycles. The van der Waals surface area contributed by atoms with Gasteiger partial charge in [-0.15, -0.1) is 0 Å². The normalized spacial score (nSPS) is 20.8. The van der Waals surface area contributed by atoms with Crippen molar-refractivity contribution in [1.82, 2.24) is 15.2 Å². The molecule has 0 aromatic carbocycles. The summed E-state index contributed by atoms with van der Waals surface area (Å²) in [6.45, 7) is 7.49. The van der Waals surface area contributed by atoms with E-state index in [1.165, 1.54) is 6.39 Å². The van der Waals surface area contributed by atoms with E-state index in [1.807, 2.05) is 20.8 Å². The summed E-state index contributed by atoms with van der Waals surface area (Å²) >= 11 is 0. The van der Waals surface area contributed by atoms with Crippen LogP contribution >= 0.6 is 0 Å². The third-order valence-corrected chi connectivity index (χ3v) is 2.64. The van der Waals surface area contributed by atoms with Crippen molar-refractivity contribution in [3.63, 3.8) is 0 Å². The maximum absolute atomic E-state index is 12.0. The Balaban J connectivity index is 1.96. The maximum atomic E-state index is 12.0. The quantitative estimate of drug-likeness (QED) is 0.822. The van der Waals surface area contributed by atoms with Gasteiger partial charge in [-0.3, -0.25) is 0 Å². The highest BCUT2D eigenvalue weighted by atomic mass is 16.6. The van der Waals surface area contributed by atoms with Crippen molar-refractivity contribution in [1.29, 1.82) is 0 Å². The van der Waals surface area contributed by atoms with Crippen molar-refractivity contribution in [2.24, 2.45) is 0 Å². The minimum absolute atomic E-state index is 0.00465. The lowest BCUT2D eigenvalue weighted by atomic mass is 10.1. The monoisotopic (exact) mass is 253 g/mol. The number of carbonyl (C=O) groups is 1. The summed E-state index contributed by atoms with van der Waals surface area (Å²) in [7, 11) is 0. The number of aromatic nitrogens is 1. The minimum Gasteiger partial charge on any atom is -0.451 e. The second-order valence-electron chi connectivity index (χ2n) is 5.35. The van der Waals surface area contributed by atoms with E-state index in [2.05, 4.69) is 10.3 Å². The SMILES string of the molecule is CC(C)(C)OC(=O)N1CCNC(c2cocn2)C1. The molecule has 0 spiro atoms. The first-order valence-electron chi connectivity index (χ1n) is 6.05. The van der Waals surface area contributed by atoms with E-state index in [4.69, 9.17) is 9.15 Å². The number of nitrogens with zero attached hydrogens (tertiary/aromatic N) is 2. The Morgan fingerprint density at radius 1 is 1.61 bits per heavy atom. The van der Waals surface area contributed by atoms with Crippen LogP contribution in [-0.2, 0) is 4.74 Å². The van der Waals surface area contributed by atoms with Crippen LogP contribution in [0.5, 0.6) is 0 Å². The number of hydrogen-bond acceptors (Lipinski definition) is 5. The van der Waals surface area contributed by atoms with Crippen LogP contribution in [0.25, 0.3) is 0 Å². The molecule has 2 rings (SSSR count). The Morgan fingerprint density at radius 3 is 3.00 bits per heavy atom. The average molecular weight is 253 g/mol. The highest BCUT2D eigenvalue weighted by Crippen LogP contribution is 2.17. The fourth-order valence-corrected chi connectivity index (χ4v) is 1.83. The number of oxazole rings is 1. The van der Waals surface area contributed by atoms with Crippen LogP contribution in [0.4, 0.5) is 4.79 Å². The molecule has 6 heteroatoms. The molecule has 1 atom stereocenters. The molecular weight excluding hydrogens is 234 g/mol. The van der Waals surface area contributed by atoms with E-state index in [-0.39, 0.29) is 12.1 Å². The lowest BCUT2D eigenvalue weighted by Gasteiger charge is -2.34. The Morgan fingerprint density at radius 2 is 2.39 bits per heavy atom. The molecule has 1 aromatic rings. The van der Waals surface area contributed by atoms with Crippen LogP contribution in [-0.4, -0.2) is 41.2 Å². The molecule has 6 nitrogen and oxygen atoms in total. The minimum atomic E-state index is -0.467. The zero-order valence-corrected chi connectivity index (χ0v) is 11.0. The van der Waals surface area contributed by atoms with Gasteiger partial charge in [0.2, 0.25) is 0 Å². The van der Waals surface area contributed by atoms with E-state index in [9.17, 15) is 4.79 Å². The molecule has 0 aliphatic carbocycles. The maximum Gasteiger partial charge on any atom is 0.410 e. The largest absolute Gasteiger partial charge is 0.451 e. The molecule has 1 N–H and O–H groups in total. The number of ether oxygens (including phenoxy) is 1. The van der Waals surface area contributed by atoms with Crippen LogP contribution < -0.4 is 5.32 Å². The van der Waals surface area contributed by atoms with Gasteiger partial charge in [0.05, 0.1) is 11.7 Å². The zero-order chi connectivity index (χ0) is 13.2. The fourth-order valence-electron chi connectivity index (χ4n) is 1.83. The predicted octanol–water partition coefficient (Wildman–Crippen LogP) is 1.56. The molecule has 1 aliphatic rings. The van der Waals surface area contributed by atoms with Crippen LogP contribution in [0.2, 0.25) is 0 Å². The number of carbonyl (C=O) groups excluding carboxylic acids is 1. The molecule has 0 bridgehead atoms. The summed E-state index contributed by atoms with van der Waals surface area (Å²) in [5, 5.41) is 3.30. The van der Waals surface area contributed by atoms with Crippen LogP contribution in [0.3, 0.4) is 0 Å². The number of amides is 1. The van der Waals surface area contributed by atoms with Crippen LogP contribution in [0.15, 0.2) is 17.1 Å². The molecule has 1 amide bonds. The Hall–Kier alpha value is -1.56. The van der Waals surface area contributed by atoms with E-state index >= 15 is 0 Å². The van der Waals surface area contributed by atoms with Gasteiger partial charge in [-0.05, 0) is 20.8 Å². The van der Waals surface area contributed by atoms with Gasteiger partial charge in [-0.1, -0.05) is 0 Å². The lowest BCUT2D eigenvalue weighted by Crippen LogP contribution is -2.49. The second kappa shape index (κ2) is 4.97. The highest BCUT2D eigenvalue weighted by Gasteiger charge is 2.28. The van der Waals surface area contributed by atoms with Crippen molar-refractivity contribution in [3.8, 4) is 0 Å². The fraction of sp³-hybridized carbons (Fsp3) is 0.667. The zero-order valence-electron chi connectivity index (χ0n) is 11.0. The van der Waals surface area contributed by atoms with Crippen molar-refractivity contribution in [3.05, 3.63) is 18.4 Å². The van der Waals surface area contributed by atoms with Crippen molar-refractivity contribution in [2.45, 2.75) is 32.4 Å². The van der Waals surface area contributed by atoms with Gasteiger partial charge in [0.25, 0.3) is 0 Å².